The molecule has 0 atom stereocenters. The molecule has 0 aromatic carbocycles. The van der Waals surface area contributed by atoms with Gasteiger partial charge in [0, 0.05) is 0 Å². The van der Waals surface area contributed by atoms with E-state index < -0.39 is 18.7 Å². The van der Waals surface area contributed by atoms with E-state index in [1.54, 1.807) is 7.27 Å². The first kappa shape index (κ1) is 10.6. The van der Waals surface area contributed by atoms with E-state index in [0.29, 0.717) is 0 Å². The van der Waals surface area contributed by atoms with Gasteiger partial charge in [-0.15, -0.1) is 0 Å². The summed E-state index contributed by atoms with van der Waals surface area (Å²) in [6.45, 7) is 0. The van der Waals surface area contributed by atoms with Crippen LogP contribution in [0.3, 0.4) is 0 Å². The van der Waals surface area contributed by atoms with E-state index in [-0.39, 0.29) is 0 Å². The standard InChI is InChI=1S/2C2H2Cl.2ClH.Pb/c2*1-2-3;;;/h2*1-2H;2*1H;/q;;;;+2/p-2. The first-order valence-corrected chi connectivity index (χ1v) is 17.0. The molecule has 0 radical (unpaired) electrons. The molecule has 0 saturated carbocycles. The van der Waals surface area contributed by atoms with Gasteiger partial charge in [0.1, 0.15) is 0 Å². The molecule has 0 heterocycles. The molecule has 5 heteroatoms. The van der Waals surface area contributed by atoms with E-state index in [1.165, 1.54) is 11.1 Å². The van der Waals surface area contributed by atoms with Crippen molar-refractivity contribution < 1.29 is 0 Å². The molecule has 0 aliphatic heterocycles. The second kappa shape index (κ2) is 5.24. The van der Waals surface area contributed by atoms with Crippen LogP contribution in [-0.4, -0.2) is 18.7 Å². The Morgan fingerprint density at radius 3 is 1.44 bits per heavy atom. The third kappa shape index (κ3) is 5.98. The Labute approximate surface area is 76.0 Å². The van der Waals surface area contributed by atoms with Crippen LogP contribution in [0.2, 0.25) is 0 Å². The monoisotopic (exact) mass is 400 g/mol. The van der Waals surface area contributed by atoms with E-state index in [2.05, 4.69) is 0 Å². The van der Waals surface area contributed by atoms with E-state index in [1.807, 2.05) is 0 Å². The molecule has 0 rings (SSSR count). The summed E-state index contributed by atoms with van der Waals surface area (Å²) in [5, 5.41) is 0. The Balaban J connectivity index is 4.01. The van der Waals surface area contributed by atoms with E-state index in [9.17, 15) is 0 Å². The maximum absolute atomic E-state index is 5.78. The second-order valence-electron chi connectivity index (χ2n) is 1.26. The minimum atomic E-state index is -3.17. The summed E-state index contributed by atoms with van der Waals surface area (Å²) >= 11 is 7.34. The van der Waals surface area contributed by atoms with Crippen molar-refractivity contribution in [3.05, 3.63) is 18.3 Å². The van der Waals surface area contributed by atoms with Gasteiger partial charge in [-0.25, -0.2) is 0 Å². The Morgan fingerprint density at radius 1 is 0.889 bits per heavy atom. The van der Waals surface area contributed by atoms with Crippen molar-refractivity contribution in [2.24, 2.45) is 0 Å². The van der Waals surface area contributed by atoms with Gasteiger partial charge >= 0.3 is 76.9 Å². The summed E-state index contributed by atoms with van der Waals surface area (Å²) in [5.74, 6) is 0. The predicted molar refractivity (Wildman–Crippen MR) is 47.4 cm³/mol. The Kier molecular flexibility index (Phi) is 6.15. The average molecular weight is 401 g/mol. The Bertz CT molecular complexity index is 115. The van der Waals surface area contributed by atoms with Crippen LogP contribution in [0.25, 0.3) is 0 Å². The minimum absolute atomic E-state index is 1.33. The summed E-state index contributed by atoms with van der Waals surface area (Å²) in [5.41, 5.74) is 2.66. The molecule has 0 saturated heterocycles. The molecule has 0 nitrogen and oxygen atoms in total. The van der Waals surface area contributed by atoms with E-state index >= 15 is 0 Å². The van der Waals surface area contributed by atoms with Crippen LogP contribution in [0.15, 0.2) is 18.3 Å². The van der Waals surface area contributed by atoms with Crippen molar-refractivity contribution in [2.45, 2.75) is 0 Å². The third-order valence-electron chi connectivity index (χ3n) is 0.570. The van der Waals surface area contributed by atoms with Crippen LogP contribution in [0.1, 0.15) is 0 Å². The van der Waals surface area contributed by atoms with Crippen LogP contribution < -0.4 is 0 Å². The van der Waals surface area contributed by atoms with Crippen molar-refractivity contribution in [1.82, 2.24) is 0 Å². The number of rotatable bonds is 2. The molecule has 0 fully saturated rings. The van der Waals surface area contributed by atoms with Gasteiger partial charge in [0.15, 0.2) is 0 Å². The SMILES string of the molecule is Cl/C=[CH]/[Pb]([Cl])([Cl])/[CH]=C/Cl. The quantitative estimate of drug-likeness (QED) is 0.622. The molecule has 0 bridgehead atoms. The van der Waals surface area contributed by atoms with Crippen LogP contribution in [-0.2, 0) is 0 Å². The Morgan fingerprint density at radius 2 is 1.22 bits per heavy atom. The molecule has 52 valence electrons. The third-order valence-corrected chi connectivity index (χ3v) is 11.6. The summed E-state index contributed by atoms with van der Waals surface area (Å²) < 4.78 is 3.24. The van der Waals surface area contributed by atoms with Gasteiger partial charge in [0.05, 0.1) is 0 Å². The fourth-order valence-corrected chi connectivity index (χ4v) is 9.92. The van der Waals surface area contributed by atoms with Crippen molar-refractivity contribution in [1.29, 1.82) is 0 Å². The van der Waals surface area contributed by atoms with Gasteiger partial charge in [-0.3, -0.25) is 0 Å². The fourth-order valence-electron chi connectivity index (χ4n) is 0.224. The summed E-state index contributed by atoms with van der Waals surface area (Å²) in [4.78, 5) is 0. The molecule has 0 aromatic rings. The molecule has 0 spiro atoms. The number of halogens is 4. The van der Waals surface area contributed by atoms with Crippen molar-refractivity contribution in [3.8, 4) is 0 Å². The average Bonchev–Trinajstić information content (AvgIpc) is 1.64. The van der Waals surface area contributed by atoms with Gasteiger partial charge in [-0.2, -0.15) is 0 Å². The zero-order chi connectivity index (χ0) is 7.33. The molecule has 0 N–H and O–H groups in total. The van der Waals surface area contributed by atoms with Crippen molar-refractivity contribution in [3.63, 3.8) is 0 Å². The molecule has 0 aromatic heterocycles. The molecule has 0 aliphatic carbocycles. The van der Waals surface area contributed by atoms with Crippen LogP contribution in [0.4, 0.5) is 0 Å². The maximum atomic E-state index is 5.78. The molecule has 0 amide bonds. The first-order chi connectivity index (χ1) is 4.12. The zero-order valence-electron chi connectivity index (χ0n) is 4.32. The fraction of sp³-hybridized carbons (Fsp3) is 0. The van der Waals surface area contributed by atoms with E-state index in [4.69, 9.17) is 39.8 Å². The van der Waals surface area contributed by atoms with Crippen molar-refractivity contribution in [2.75, 3.05) is 0 Å². The molecular formula is C4H4Cl4Pb. The predicted octanol–water partition coefficient (Wildman–Crippen LogP) is 3.49. The van der Waals surface area contributed by atoms with Crippen molar-refractivity contribution >= 4 is 58.6 Å². The number of hydrogen-bond donors (Lipinski definition) is 0. The summed E-state index contributed by atoms with van der Waals surface area (Å²) in [7, 11) is 11.6. The summed E-state index contributed by atoms with van der Waals surface area (Å²) in [6.07, 6.45) is 0. The van der Waals surface area contributed by atoms with E-state index in [0.717, 1.165) is 0 Å². The first-order valence-electron chi connectivity index (χ1n) is 2.06. The molecule has 0 unspecified atom stereocenters. The molecule has 9 heavy (non-hydrogen) atoms. The van der Waals surface area contributed by atoms with Gasteiger partial charge in [-0.1, -0.05) is 0 Å². The van der Waals surface area contributed by atoms with Gasteiger partial charge < -0.3 is 0 Å². The molecular weight excluding hydrogens is 397 g/mol. The topological polar surface area (TPSA) is 0 Å². The second-order valence-corrected chi connectivity index (χ2v) is 22.3. The molecule has 0 aliphatic rings. The van der Waals surface area contributed by atoms with Gasteiger partial charge in [0.2, 0.25) is 0 Å². The van der Waals surface area contributed by atoms with Gasteiger partial charge in [0.25, 0.3) is 0 Å². The van der Waals surface area contributed by atoms with Gasteiger partial charge in [-0.05, 0) is 0 Å². The normalized spacial score (nSPS) is 13.8. The number of hydrogen-bond acceptors (Lipinski definition) is 0. The van der Waals surface area contributed by atoms with Crippen LogP contribution in [0, 0.1) is 0 Å². The van der Waals surface area contributed by atoms with Crippen LogP contribution in [0.5, 0.6) is 0 Å². The zero-order valence-corrected chi connectivity index (χ0v) is 11.2. The summed E-state index contributed by atoms with van der Waals surface area (Å²) in [6, 6.07) is 0. The Hall–Kier alpha value is 1.56. The van der Waals surface area contributed by atoms with Crippen LogP contribution >= 0.6 is 39.8 Å².